The molecule has 31 heavy (non-hydrogen) atoms. The number of nitrogens with one attached hydrogen (secondary N) is 1. The van der Waals surface area contributed by atoms with Crippen LogP contribution in [-0.4, -0.2) is 28.0 Å². The molecule has 1 amide bonds. The Morgan fingerprint density at radius 3 is 2.03 bits per heavy atom. The summed E-state index contributed by atoms with van der Waals surface area (Å²) in [6.07, 6.45) is 0. The van der Waals surface area contributed by atoms with E-state index in [0.29, 0.717) is 11.4 Å². The highest BCUT2D eigenvalue weighted by molar-refractivity contribution is 7.92. The molecule has 0 saturated heterocycles. The molecule has 0 heterocycles. The van der Waals surface area contributed by atoms with Crippen molar-refractivity contribution in [2.24, 2.45) is 0 Å². The number of carbonyl (C=O) groups is 1. The zero-order chi connectivity index (χ0) is 22.4. The number of anilines is 1. The minimum absolute atomic E-state index is 0.0328. The molecule has 0 aliphatic rings. The van der Waals surface area contributed by atoms with Crippen molar-refractivity contribution in [2.75, 3.05) is 18.0 Å². The topological polar surface area (TPSA) is 75.7 Å². The number of nitrogens with zero attached hydrogens (tertiary/aromatic N) is 1. The molecular formula is C22H20F2N2O4S. The molecule has 9 heteroatoms. The quantitative estimate of drug-likeness (QED) is 0.575. The number of benzene rings is 3. The third-order valence-electron chi connectivity index (χ3n) is 4.45. The Morgan fingerprint density at radius 1 is 0.903 bits per heavy atom. The fourth-order valence-electron chi connectivity index (χ4n) is 2.66. The van der Waals surface area contributed by atoms with Crippen LogP contribution in [0.4, 0.5) is 14.5 Å². The number of hydrogen-bond donors (Lipinski definition) is 1. The molecule has 3 rings (SSSR count). The number of ether oxygens (including phenoxy) is 1. The monoisotopic (exact) mass is 446 g/mol. The van der Waals surface area contributed by atoms with E-state index in [1.807, 2.05) is 0 Å². The lowest BCUT2D eigenvalue weighted by Gasteiger charge is -2.20. The van der Waals surface area contributed by atoms with Gasteiger partial charge in [-0.3, -0.25) is 9.10 Å². The van der Waals surface area contributed by atoms with E-state index in [9.17, 15) is 22.0 Å². The van der Waals surface area contributed by atoms with Gasteiger partial charge in [0.05, 0.1) is 10.6 Å². The van der Waals surface area contributed by atoms with E-state index in [-0.39, 0.29) is 29.8 Å². The van der Waals surface area contributed by atoms with Gasteiger partial charge in [0.25, 0.3) is 15.9 Å². The maximum atomic E-state index is 13.1. The lowest BCUT2D eigenvalue weighted by atomic mass is 10.2. The van der Waals surface area contributed by atoms with Crippen LogP contribution in [-0.2, 0) is 21.4 Å². The first kappa shape index (κ1) is 22.2. The van der Waals surface area contributed by atoms with E-state index < -0.39 is 15.8 Å². The van der Waals surface area contributed by atoms with Gasteiger partial charge in [0.2, 0.25) is 0 Å². The second-order valence-electron chi connectivity index (χ2n) is 6.61. The molecule has 0 aliphatic carbocycles. The number of amides is 1. The Bertz CT molecular complexity index is 1130. The van der Waals surface area contributed by atoms with E-state index >= 15 is 0 Å². The largest absolute Gasteiger partial charge is 0.484 e. The minimum atomic E-state index is -3.85. The lowest BCUT2D eigenvalue weighted by Crippen LogP contribution is -2.28. The Kier molecular flexibility index (Phi) is 6.86. The molecule has 0 fully saturated rings. The van der Waals surface area contributed by atoms with E-state index in [4.69, 9.17) is 4.74 Å². The van der Waals surface area contributed by atoms with Crippen molar-refractivity contribution < 1.29 is 26.7 Å². The second-order valence-corrected chi connectivity index (χ2v) is 8.58. The van der Waals surface area contributed by atoms with Crippen molar-refractivity contribution in [3.8, 4) is 5.75 Å². The van der Waals surface area contributed by atoms with Crippen molar-refractivity contribution in [1.29, 1.82) is 0 Å². The van der Waals surface area contributed by atoms with Crippen molar-refractivity contribution >= 4 is 21.6 Å². The molecule has 1 N–H and O–H groups in total. The van der Waals surface area contributed by atoms with Crippen LogP contribution in [0.25, 0.3) is 0 Å². The van der Waals surface area contributed by atoms with Crippen LogP contribution in [0, 0.1) is 11.6 Å². The van der Waals surface area contributed by atoms with Gasteiger partial charge in [-0.05, 0) is 66.2 Å². The number of sulfonamides is 1. The van der Waals surface area contributed by atoms with Gasteiger partial charge in [-0.1, -0.05) is 12.1 Å². The van der Waals surface area contributed by atoms with E-state index in [0.717, 1.165) is 22.0 Å². The molecule has 0 atom stereocenters. The van der Waals surface area contributed by atoms with Crippen LogP contribution in [0.3, 0.4) is 0 Å². The third-order valence-corrected chi connectivity index (χ3v) is 6.25. The molecule has 3 aromatic rings. The van der Waals surface area contributed by atoms with E-state index in [1.165, 1.54) is 43.4 Å². The number of halogens is 2. The lowest BCUT2D eigenvalue weighted by molar-refractivity contribution is -0.123. The molecule has 0 spiro atoms. The highest BCUT2D eigenvalue weighted by atomic mass is 32.2. The summed E-state index contributed by atoms with van der Waals surface area (Å²) in [6, 6.07) is 16.5. The Labute approximate surface area is 179 Å². The summed E-state index contributed by atoms with van der Waals surface area (Å²) < 4.78 is 57.7. The predicted octanol–water partition coefficient (Wildman–Crippen LogP) is 3.49. The highest BCUT2D eigenvalue weighted by Gasteiger charge is 2.21. The standard InChI is InChI=1S/C22H20F2N2O4S/c1-26(31(28,29)21-12-6-18(24)7-13-21)19-8-10-20(11-9-19)30-15-22(27)25-14-16-2-4-17(23)5-3-16/h2-13H,14-15H2,1H3,(H,25,27). The summed E-state index contributed by atoms with van der Waals surface area (Å²) in [5.41, 5.74) is 1.13. The van der Waals surface area contributed by atoms with Crippen LogP contribution in [0.5, 0.6) is 5.75 Å². The van der Waals surface area contributed by atoms with Crippen molar-refractivity contribution in [3.05, 3.63) is 90.0 Å². The zero-order valence-electron chi connectivity index (χ0n) is 16.6. The molecule has 0 unspecified atom stereocenters. The Balaban J connectivity index is 1.55. The number of hydrogen-bond acceptors (Lipinski definition) is 4. The Morgan fingerprint density at radius 2 is 1.45 bits per heavy atom. The first-order valence-corrected chi connectivity index (χ1v) is 10.7. The van der Waals surface area contributed by atoms with E-state index in [2.05, 4.69) is 5.32 Å². The summed E-state index contributed by atoms with van der Waals surface area (Å²) in [7, 11) is -2.46. The predicted molar refractivity (Wildman–Crippen MR) is 112 cm³/mol. The third kappa shape index (κ3) is 5.79. The summed E-state index contributed by atoms with van der Waals surface area (Å²) in [6.45, 7) is 0.0116. The number of rotatable bonds is 8. The van der Waals surface area contributed by atoms with Gasteiger partial charge in [-0.25, -0.2) is 17.2 Å². The fourth-order valence-corrected chi connectivity index (χ4v) is 3.85. The smallest absolute Gasteiger partial charge is 0.264 e. The minimum Gasteiger partial charge on any atom is -0.484 e. The van der Waals surface area contributed by atoms with Crippen LogP contribution in [0.2, 0.25) is 0 Å². The van der Waals surface area contributed by atoms with Crippen LogP contribution in [0.15, 0.2) is 77.7 Å². The van der Waals surface area contributed by atoms with E-state index in [1.54, 1.807) is 24.3 Å². The molecule has 0 bridgehead atoms. The molecule has 0 aliphatic heterocycles. The Hall–Kier alpha value is -3.46. The van der Waals surface area contributed by atoms with Gasteiger partial charge >= 0.3 is 0 Å². The molecule has 162 valence electrons. The fraction of sp³-hybridized carbons (Fsp3) is 0.136. The molecule has 0 saturated carbocycles. The summed E-state index contributed by atoms with van der Waals surface area (Å²) >= 11 is 0. The van der Waals surface area contributed by atoms with Crippen molar-refractivity contribution in [2.45, 2.75) is 11.4 Å². The van der Waals surface area contributed by atoms with Crippen molar-refractivity contribution in [1.82, 2.24) is 5.32 Å². The average molecular weight is 446 g/mol. The first-order valence-electron chi connectivity index (χ1n) is 9.24. The average Bonchev–Trinajstić information content (AvgIpc) is 2.77. The van der Waals surface area contributed by atoms with Crippen molar-refractivity contribution in [3.63, 3.8) is 0 Å². The van der Waals surface area contributed by atoms with Gasteiger partial charge in [-0.2, -0.15) is 0 Å². The summed E-state index contributed by atoms with van der Waals surface area (Å²) in [5.74, 6) is -0.847. The summed E-state index contributed by atoms with van der Waals surface area (Å²) in [4.78, 5) is 11.9. The van der Waals surface area contributed by atoms with Crippen LogP contribution >= 0.6 is 0 Å². The first-order chi connectivity index (χ1) is 14.8. The summed E-state index contributed by atoms with van der Waals surface area (Å²) in [5, 5.41) is 2.66. The van der Waals surface area contributed by atoms with Gasteiger partial charge in [-0.15, -0.1) is 0 Å². The SMILES string of the molecule is CN(c1ccc(OCC(=O)NCc2ccc(F)cc2)cc1)S(=O)(=O)c1ccc(F)cc1. The zero-order valence-corrected chi connectivity index (χ0v) is 17.4. The molecular weight excluding hydrogens is 426 g/mol. The van der Waals surface area contributed by atoms with Gasteiger partial charge in [0, 0.05) is 13.6 Å². The van der Waals surface area contributed by atoms with Crippen LogP contribution < -0.4 is 14.4 Å². The van der Waals surface area contributed by atoms with Gasteiger partial charge in [0.15, 0.2) is 6.61 Å². The van der Waals surface area contributed by atoms with Gasteiger partial charge in [0.1, 0.15) is 17.4 Å². The maximum absolute atomic E-state index is 13.1. The molecule has 6 nitrogen and oxygen atoms in total. The highest BCUT2D eigenvalue weighted by Crippen LogP contribution is 2.24. The molecule has 3 aromatic carbocycles. The number of carbonyl (C=O) groups excluding carboxylic acids is 1. The maximum Gasteiger partial charge on any atom is 0.264 e. The van der Waals surface area contributed by atoms with Gasteiger partial charge < -0.3 is 10.1 Å². The second kappa shape index (κ2) is 9.57. The normalized spacial score (nSPS) is 11.1. The molecule has 0 aromatic heterocycles. The van der Waals surface area contributed by atoms with Crippen LogP contribution in [0.1, 0.15) is 5.56 Å². The molecule has 0 radical (unpaired) electrons.